The Labute approximate surface area is 126 Å². The Morgan fingerprint density at radius 1 is 1.35 bits per heavy atom. The van der Waals surface area contributed by atoms with E-state index in [1.54, 1.807) is 11.3 Å². The Bertz CT molecular complexity index is 425. The predicted octanol–water partition coefficient (Wildman–Crippen LogP) is 3.42. The van der Waals surface area contributed by atoms with Gasteiger partial charge in [0.15, 0.2) is 0 Å². The van der Waals surface area contributed by atoms with E-state index in [0.29, 0.717) is 5.54 Å². The van der Waals surface area contributed by atoms with Crippen molar-refractivity contribution in [1.29, 1.82) is 0 Å². The van der Waals surface area contributed by atoms with E-state index in [2.05, 4.69) is 29.0 Å². The van der Waals surface area contributed by atoms with Gasteiger partial charge in [0.1, 0.15) is 0 Å². The van der Waals surface area contributed by atoms with Crippen LogP contribution in [0.1, 0.15) is 57.2 Å². The number of nitrogens with one attached hydrogen (secondary N) is 1. The molecule has 2 aliphatic rings. The van der Waals surface area contributed by atoms with E-state index < -0.39 is 0 Å². The highest BCUT2D eigenvalue weighted by Gasteiger charge is 2.45. The van der Waals surface area contributed by atoms with Crippen molar-refractivity contribution in [2.24, 2.45) is 0 Å². The van der Waals surface area contributed by atoms with Crippen molar-refractivity contribution in [3.05, 3.63) is 16.6 Å². The molecule has 4 heteroatoms. The first kappa shape index (κ1) is 14.5. The van der Waals surface area contributed by atoms with Gasteiger partial charge in [-0.05, 0) is 26.2 Å². The highest BCUT2D eigenvalue weighted by molar-refractivity contribution is 7.09. The van der Waals surface area contributed by atoms with Crippen molar-refractivity contribution in [2.75, 3.05) is 13.1 Å². The summed E-state index contributed by atoms with van der Waals surface area (Å²) in [5, 5.41) is 3.86. The molecule has 2 fully saturated rings. The molecule has 3 rings (SSSR count). The first-order chi connectivity index (χ1) is 9.66. The van der Waals surface area contributed by atoms with Crippen LogP contribution in [0, 0.1) is 0 Å². The van der Waals surface area contributed by atoms with Gasteiger partial charge < -0.3 is 5.32 Å². The lowest BCUT2D eigenvalue weighted by Gasteiger charge is -2.55. The zero-order chi connectivity index (χ0) is 14.1. The van der Waals surface area contributed by atoms with Crippen LogP contribution in [0.15, 0.2) is 11.7 Å². The number of thiazole rings is 1. The number of nitrogens with zero attached hydrogens (tertiary/aromatic N) is 2. The minimum Gasteiger partial charge on any atom is -0.308 e. The maximum atomic E-state index is 4.25. The van der Waals surface area contributed by atoms with Gasteiger partial charge in [0.2, 0.25) is 0 Å². The monoisotopic (exact) mass is 293 g/mol. The molecule has 1 aliphatic carbocycles. The molecular formula is C16H27N3S. The third kappa shape index (κ3) is 2.78. The van der Waals surface area contributed by atoms with Gasteiger partial charge in [0, 0.05) is 41.8 Å². The van der Waals surface area contributed by atoms with Gasteiger partial charge in [-0.1, -0.05) is 26.2 Å². The Morgan fingerprint density at radius 2 is 2.15 bits per heavy atom. The Hall–Kier alpha value is -0.450. The van der Waals surface area contributed by atoms with E-state index in [1.807, 2.05) is 11.7 Å². The number of piperazine rings is 1. The zero-order valence-corrected chi connectivity index (χ0v) is 13.6. The summed E-state index contributed by atoms with van der Waals surface area (Å²) in [6.45, 7) is 8.10. The molecule has 3 nitrogen and oxygen atoms in total. The molecule has 1 spiro atoms. The summed E-state index contributed by atoms with van der Waals surface area (Å²) >= 11 is 1.80. The van der Waals surface area contributed by atoms with Crippen LogP contribution in [0.2, 0.25) is 0 Å². The van der Waals surface area contributed by atoms with E-state index in [4.69, 9.17) is 0 Å². The van der Waals surface area contributed by atoms with Crippen LogP contribution in [0.25, 0.3) is 0 Å². The summed E-state index contributed by atoms with van der Waals surface area (Å²) in [6, 6.07) is 0. The van der Waals surface area contributed by atoms with Crippen LogP contribution in [-0.4, -0.2) is 34.1 Å². The van der Waals surface area contributed by atoms with E-state index in [0.717, 1.165) is 13.1 Å². The summed E-state index contributed by atoms with van der Waals surface area (Å²) in [7, 11) is 0. The smallest absolute Gasteiger partial charge is 0.0794 e. The van der Waals surface area contributed by atoms with E-state index in [9.17, 15) is 0 Å². The molecule has 1 unspecified atom stereocenters. The molecule has 1 saturated carbocycles. The van der Waals surface area contributed by atoms with E-state index >= 15 is 0 Å². The van der Waals surface area contributed by atoms with Crippen molar-refractivity contribution < 1.29 is 0 Å². The first-order valence-corrected chi connectivity index (χ1v) is 8.91. The van der Waals surface area contributed by atoms with E-state index in [-0.39, 0.29) is 5.54 Å². The second-order valence-electron chi connectivity index (χ2n) is 6.88. The molecule has 112 valence electrons. The maximum absolute atomic E-state index is 4.25. The largest absolute Gasteiger partial charge is 0.308 e. The number of rotatable bonds is 3. The fourth-order valence-corrected chi connectivity index (χ4v) is 4.42. The molecule has 1 aliphatic heterocycles. The fourth-order valence-electron chi connectivity index (χ4n) is 3.81. The molecule has 1 N–H and O–H groups in total. The summed E-state index contributed by atoms with van der Waals surface area (Å²) in [5.74, 6) is 0. The van der Waals surface area contributed by atoms with Gasteiger partial charge in [-0.3, -0.25) is 9.88 Å². The van der Waals surface area contributed by atoms with Crippen molar-refractivity contribution >= 4 is 11.3 Å². The lowest BCUT2D eigenvalue weighted by molar-refractivity contribution is -0.0210. The van der Waals surface area contributed by atoms with Crippen molar-refractivity contribution in [3.63, 3.8) is 0 Å². The van der Waals surface area contributed by atoms with Gasteiger partial charge in [0.05, 0.1) is 5.51 Å². The average Bonchev–Trinajstić information content (AvgIpc) is 2.98. The number of hydrogen-bond donors (Lipinski definition) is 1. The summed E-state index contributed by atoms with van der Waals surface area (Å²) < 4.78 is 0. The van der Waals surface area contributed by atoms with Crippen LogP contribution in [-0.2, 0) is 6.54 Å². The SMILES string of the molecule is CCC1(C)CN(Cc2cncs2)C2(CCCCC2)CN1. The normalized spacial score (nSPS) is 30.7. The molecular weight excluding hydrogens is 266 g/mol. The minimum atomic E-state index is 0.271. The van der Waals surface area contributed by atoms with Crippen molar-refractivity contribution in [1.82, 2.24) is 15.2 Å². The van der Waals surface area contributed by atoms with Gasteiger partial charge in [0.25, 0.3) is 0 Å². The lowest BCUT2D eigenvalue weighted by Crippen LogP contribution is -2.69. The van der Waals surface area contributed by atoms with Crippen LogP contribution in [0.3, 0.4) is 0 Å². The second-order valence-corrected chi connectivity index (χ2v) is 7.85. The predicted molar refractivity (Wildman–Crippen MR) is 85.0 cm³/mol. The van der Waals surface area contributed by atoms with Crippen LogP contribution >= 0.6 is 11.3 Å². The molecule has 0 bridgehead atoms. The van der Waals surface area contributed by atoms with E-state index in [1.165, 1.54) is 49.9 Å². The second kappa shape index (κ2) is 5.74. The zero-order valence-electron chi connectivity index (χ0n) is 12.8. The quantitative estimate of drug-likeness (QED) is 0.925. The molecule has 0 radical (unpaired) electrons. The maximum Gasteiger partial charge on any atom is 0.0794 e. The molecule has 0 aromatic carbocycles. The highest BCUT2D eigenvalue weighted by atomic mass is 32.1. The van der Waals surface area contributed by atoms with Gasteiger partial charge in [-0.15, -0.1) is 11.3 Å². The van der Waals surface area contributed by atoms with Gasteiger partial charge >= 0.3 is 0 Å². The molecule has 1 saturated heterocycles. The molecule has 2 heterocycles. The van der Waals surface area contributed by atoms with Crippen LogP contribution in [0.5, 0.6) is 0 Å². The van der Waals surface area contributed by atoms with Gasteiger partial charge in [-0.2, -0.15) is 0 Å². The average molecular weight is 293 g/mol. The molecule has 20 heavy (non-hydrogen) atoms. The fraction of sp³-hybridized carbons (Fsp3) is 0.812. The highest BCUT2D eigenvalue weighted by Crippen LogP contribution is 2.38. The Morgan fingerprint density at radius 3 is 2.80 bits per heavy atom. The minimum absolute atomic E-state index is 0.271. The summed E-state index contributed by atoms with van der Waals surface area (Å²) in [4.78, 5) is 8.44. The van der Waals surface area contributed by atoms with Crippen molar-refractivity contribution in [3.8, 4) is 0 Å². The van der Waals surface area contributed by atoms with Gasteiger partial charge in [-0.25, -0.2) is 0 Å². The molecule has 1 aromatic rings. The standard InChI is InChI=1S/C16H27N3S/c1-3-15(2)12-19(10-14-9-17-13-20-14)16(11-18-15)7-5-4-6-8-16/h9,13,18H,3-8,10-12H2,1-2H3. The van der Waals surface area contributed by atoms with Crippen LogP contribution < -0.4 is 5.32 Å². The molecule has 1 atom stereocenters. The summed E-state index contributed by atoms with van der Waals surface area (Å²) in [5.41, 5.74) is 2.63. The Kier molecular flexibility index (Phi) is 4.16. The van der Waals surface area contributed by atoms with Crippen molar-refractivity contribution in [2.45, 2.75) is 70.0 Å². The topological polar surface area (TPSA) is 28.2 Å². The third-order valence-electron chi connectivity index (χ3n) is 5.45. The number of aromatic nitrogens is 1. The molecule has 0 amide bonds. The first-order valence-electron chi connectivity index (χ1n) is 8.03. The lowest BCUT2D eigenvalue weighted by atomic mass is 9.76. The summed E-state index contributed by atoms with van der Waals surface area (Å²) in [6.07, 6.45) is 10.2. The Balaban J connectivity index is 1.81. The van der Waals surface area contributed by atoms with Crippen LogP contribution in [0.4, 0.5) is 0 Å². The molecule has 1 aromatic heterocycles. The third-order valence-corrected chi connectivity index (χ3v) is 6.21. The number of hydrogen-bond acceptors (Lipinski definition) is 4.